The third-order valence-corrected chi connectivity index (χ3v) is 6.86. The molecule has 0 amide bonds. The van der Waals surface area contributed by atoms with Crippen LogP contribution >= 0.6 is 12.2 Å². The van der Waals surface area contributed by atoms with E-state index in [1.165, 1.54) is 22.5 Å². The molecule has 2 aromatic heterocycles. The summed E-state index contributed by atoms with van der Waals surface area (Å²) in [6, 6.07) is 23.4. The monoisotopic (exact) mass is 454 g/mol. The number of benzene rings is 2. The molecule has 0 unspecified atom stereocenters. The molecule has 6 heteroatoms. The molecule has 5 nitrogen and oxygen atoms in total. The van der Waals surface area contributed by atoms with Crippen molar-refractivity contribution < 1.29 is 5.11 Å². The van der Waals surface area contributed by atoms with Crippen molar-refractivity contribution in [1.82, 2.24) is 14.9 Å². The van der Waals surface area contributed by atoms with Crippen LogP contribution in [0.2, 0.25) is 0 Å². The summed E-state index contributed by atoms with van der Waals surface area (Å²) in [6.45, 7) is 6.53. The fourth-order valence-electron chi connectivity index (χ4n) is 4.95. The lowest BCUT2D eigenvalue weighted by Crippen LogP contribution is -2.29. The zero-order valence-electron chi connectivity index (χ0n) is 18.9. The molecule has 0 aliphatic carbocycles. The van der Waals surface area contributed by atoms with Gasteiger partial charge in [-0.05, 0) is 87.1 Å². The van der Waals surface area contributed by atoms with Gasteiger partial charge in [0, 0.05) is 34.5 Å². The number of pyridine rings is 1. The number of anilines is 1. The van der Waals surface area contributed by atoms with E-state index in [4.69, 9.17) is 12.2 Å². The van der Waals surface area contributed by atoms with Crippen molar-refractivity contribution >= 4 is 23.0 Å². The van der Waals surface area contributed by atoms with E-state index < -0.39 is 0 Å². The molecule has 166 valence electrons. The third kappa shape index (κ3) is 3.56. The van der Waals surface area contributed by atoms with E-state index in [9.17, 15) is 5.11 Å². The number of thiocarbonyl (C=S) groups is 1. The summed E-state index contributed by atoms with van der Waals surface area (Å²) < 4.78 is 2.32. The molecule has 0 bridgehead atoms. The topological polar surface area (TPSA) is 53.3 Å². The van der Waals surface area contributed by atoms with E-state index >= 15 is 0 Å². The highest BCUT2D eigenvalue weighted by atomic mass is 32.1. The van der Waals surface area contributed by atoms with Crippen molar-refractivity contribution in [2.24, 2.45) is 0 Å². The van der Waals surface area contributed by atoms with Crippen LogP contribution in [-0.4, -0.2) is 19.8 Å². The summed E-state index contributed by atoms with van der Waals surface area (Å²) in [5.41, 5.74) is 7.85. The number of nitrogens with one attached hydrogen (secondary N) is 1. The number of rotatable bonds is 4. The molecule has 1 fully saturated rings. The number of hydrogen-bond acceptors (Lipinski definition) is 3. The van der Waals surface area contributed by atoms with Crippen LogP contribution in [-0.2, 0) is 0 Å². The molecule has 1 aliphatic heterocycles. The van der Waals surface area contributed by atoms with Gasteiger partial charge in [-0.15, -0.1) is 0 Å². The van der Waals surface area contributed by atoms with Gasteiger partial charge in [-0.3, -0.25) is 4.98 Å². The number of aromatic hydroxyl groups is 1. The van der Waals surface area contributed by atoms with Gasteiger partial charge < -0.3 is 19.9 Å². The number of hydrogen-bond donors (Lipinski definition) is 2. The maximum atomic E-state index is 9.85. The summed E-state index contributed by atoms with van der Waals surface area (Å²) >= 11 is 5.85. The van der Waals surface area contributed by atoms with E-state index in [1.54, 1.807) is 12.1 Å². The van der Waals surface area contributed by atoms with Gasteiger partial charge in [0.1, 0.15) is 5.75 Å². The van der Waals surface area contributed by atoms with Crippen LogP contribution in [0, 0.1) is 20.8 Å². The number of nitrogens with zero attached hydrogens (tertiary/aromatic N) is 3. The largest absolute Gasteiger partial charge is 0.508 e. The maximum absolute atomic E-state index is 9.85. The Morgan fingerprint density at radius 2 is 1.55 bits per heavy atom. The lowest BCUT2D eigenvalue weighted by Gasteiger charge is -2.29. The minimum Gasteiger partial charge on any atom is -0.508 e. The molecule has 0 radical (unpaired) electrons. The fraction of sp³-hybridized carbons (Fsp3) is 0.185. The first-order chi connectivity index (χ1) is 16.0. The average molecular weight is 455 g/mol. The van der Waals surface area contributed by atoms with Crippen LogP contribution < -0.4 is 10.2 Å². The SMILES string of the molecule is Cc1c([C@H]2[C@@H](c3ccccn3)NC(=S)N2c2ccc(O)cc2)c(C)n(-c2ccccc2)c1C. The highest BCUT2D eigenvalue weighted by molar-refractivity contribution is 7.80. The first-order valence-electron chi connectivity index (χ1n) is 11.0. The van der Waals surface area contributed by atoms with Gasteiger partial charge in [0.05, 0.1) is 17.8 Å². The molecule has 1 saturated heterocycles. The van der Waals surface area contributed by atoms with E-state index in [2.05, 4.69) is 64.8 Å². The molecule has 1 aliphatic rings. The third-order valence-electron chi connectivity index (χ3n) is 6.54. The van der Waals surface area contributed by atoms with Gasteiger partial charge in [-0.25, -0.2) is 0 Å². The van der Waals surface area contributed by atoms with Gasteiger partial charge >= 0.3 is 0 Å². The fourth-order valence-corrected chi connectivity index (χ4v) is 5.29. The zero-order valence-corrected chi connectivity index (χ0v) is 19.7. The van der Waals surface area contributed by atoms with Crippen molar-refractivity contribution in [3.05, 3.63) is 107 Å². The molecule has 2 atom stereocenters. The number of phenols is 1. The lowest BCUT2D eigenvalue weighted by atomic mass is 9.93. The average Bonchev–Trinajstić information content (AvgIpc) is 3.28. The second-order valence-corrected chi connectivity index (χ2v) is 8.78. The Morgan fingerprint density at radius 1 is 0.848 bits per heavy atom. The molecular formula is C27H26N4OS. The van der Waals surface area contributed by atoms with Crippen molar-refractivity contribution in [3.63, 3.8) is 0 Å². The van der Waals surface area contributed by atoms with Crippen LogP contribution in [0.15, 0.2) is 79.0 Å². The van der Waals surface area contributed by atoms with E-state index in [1.807, 2.05) is 42.6 Å². The molecule has 0 saturated carbocycles. The molecule has 4 aromatic rings. The van der Waals surface area contributed by atoms with E-state index in [0.717, 1.165) is 17.1 Å². The summed E-state index contributed by atoms with van der Waals surface area (Å²) in [7, 11) is 0. The van der Waals surface area contributed by atoms with E-state index in [0.29, 0.717) is 5.11 Å². The highest BCUT2D eigenvalue weighted by Crippen LogP contribution is 2.45. The lowest BCUT2D eigenvalue weighted by molar-refractivity contribution is 0.475. The quantitative estimate of drug-likeness (QED) is 0.389. The van der Waals surface area contributed by atoms with Gasteiger partial charge in [0.25, 0.3) is 0 Å². The Bertz CT molecular complexity index is 1300. The minimum absolute atomic E-state index is 0.0967. The Hall–Kier alpha value is -3.64. The second kappa shape index (κ2) is 8.37. The molecule has 0 spiro atoms. The standard InChI is InChI=1S/C27H26N4OS/c1-17-18(2)30(20-9-5-4-6-10-20)19(3)24(17)26-25(23-11-7-8-16-28-23)29-27(33)31(26)21-12-14-22(32)15-13-21/h4-16,25-26,32H,1-3H3,(H,29,33)/t25-,26+/m1/s1. The predicted octanol–water partition coefficient (Wildman–Crippen LogP) is 5.68. The van der Waals surface area contributed by atoms with Crippen LogP contribution in [0.4, 0.5) is 5.69 Å². The summed E-state index contributed by atoms with van der Waals surface area (Å²) in [6.07, 6.45) is 1.82. The minimum atomic E-state index is -0.115. The van der Waals surface area contributed by atoms with Crippen molar-refractivity contribution in [1.29, 1.82) is 0 Å². The van der Waals surface area contributed by atoms with Crippen LogP contribution in [0.1, 0.15) is 40.3 Å². The zero-order chi connectivity index (χ0) is 23.1. The Morgan fingerprint density at radius 3 is 2.21 bits per heavy atom. The van der Waals surface area contributed by atoms with Gasteiger partial charge in [-0.1, -0.05) is 24.3 Å². The second-order valence-electron chi connectivity index (χ2n) is 8.39. The first kappa shape index (κ1) is 21.2. The highest BCUT2D eigenvalue weighted by Gasteiger charge is 2.43. The Kier molecular flexibility index (Phi) is 5.38. The molecule has 2 N–H and O–H groups in total. The van der Waals surface area contributed by atoms with Crippen LogP contribution in [0.25, 0.3) is 5.69 Å². The number of aromatic nitrogens is 2. The van der Waals surface area contributed by atoms with Crippen molar-refractivity contribution in [3.8, 4) is 11.4 Å². The Balaban J connectivity index is 1.72. The summed E-state index contributed by atoms with van der Waals surface area (Å²) in [5, 5.41) is 14.0. The van der Waals surface area contributed by atoms with Crippen molar-refractivity contribution in [2.75, 3.05) is 4.90 Å². The number of para-hydroxylation sites is 1. The smallest absolute Gasteiger partial charge is 0.174 e. The molecule has 2 aromatic carbocycles. The predicted molar refractivity (Wildman–Crippen MR) is 136 cm³/mol. The van der Waals surface area contributed by atoms with Gasteiger partial charge in [-0.2, -0.15) is 0 Å². The number of phenolic OH excluding ortho intramolecular Hbond substituents is 1. The molecule has 5 rings (SSSR count). The van der Waals surface area contributed by atoms with Crippen LogP contribution in [0.5, 0.6) is 5.75 Å². The first-order valence-corrected chi connectivity index (χ1v) is 11.4. The molecular weight excluding hydrogens is 428 g/mol. The van der Waals surface area contributed by atoms with Crippen LogP contribution in [0.3, 0.4) is 0 Å². The van der Waals surface area contributed by atoms with Gasteiger partial charge in [0.2, 0.25) is 0 Å². The Labute approximate surface area is 199 Å². The summed E-state index contributed by atoms with van der Waals surface area (Å²) in [5.74, 6) is 0.230. The molecule has 33 heavy (non-hydrogen) atoms. The summed E-state index contributed by atoms with van der Waals surface area (Å²) in [4.78, 5) is 6.82. The normalized spacial score (nSPS) is 17.9. The maximum Gasteiger partial charge on any atom is 0.174 e. The van der Waals surface area contributed by atoms with Crippen molar-refractivity contribution in [2.45, 2.75) is 32.9 Å². The van der Waals surface area contributed by atoms with Gasteiger partial charge in [0.15, 0.2) is 5.11 Å². The van der Waals surface area contributed by atoms with E-state index in [-0.39, 0.29) is 17.8 Å². The molecule has 3 heterocycles.